The summed E-state index contributed by atoms with van der Waals surface area (Å²) in [5.74, 6) is 1.30. The van der Waals surface area contributed by atoms with Gasteiger partial charge in [0.2, 0.25) is 5.82 Å². The lowest BCUT2D eigenvalue weighted by atomic mass is 9.81. The number of nitrogens with zero attached hydrogens (tertiary/aromatic N) is 5. The summed E-state index contributed by atoms with van der Waals surface area (Å²) in [5, 5.41) is 14.6. The van der Waals surface area contributed by atoms with Crippen LogP contribution in [0.3, 0.4) is 0 Å². The molecule has 1 atom stereocenters. The number of fused-ring (bicyclic) bond motifs is 1. The van der Waals surface area contributed by atoms with Crippen molar-refractivity contribution in [3.63, 3.8) is 0 Å². The average Bonchev–Trinajstić information content (AvgIpc) is 3.58. The first-order valence-electron chi connectivity index (χ1n) is 14.0. The van der Waals surface area contributed by atoms with Crippen molar-refractivity contribution in [1.82, 2.24) is 30.0 Å². The van der Waals surface area contributed by atoms with Crippen LogP contribution in [0.15, 0.2) is 53.3 Å². The number of rotatable bonds is 7. The van der Waals surface area contributed by atoms with Crippen LogP contribution in [-0.4, -0.2) is 30.0 Å². The lowest BCUT2D eigenvalue weighted by Crippen LogP contribution is -2.35. The van der Waals surface area contributed by atoms with E-state index in [-0.39, 0.29) is 5.56 Å². The van der Waals surface area contributed by atoms with E-state index in [0.29, 0.717) is 24.2 Å². The Morgan fingerprint density at radius 2 is 1.73 bits per heavy atom. The highest BCUT2D eigenvalue weighted by atomic mass is 16.1. The molecule has 2 aromatic heterocycles. The predicted octanol–water partition coefficient (Wildman–Crippen LogP) is 5.96. The minimum Gasteiger partial charge on any atom is -0.283 e. The topological polar surface area (TPSA) is 81.4 Å². The zero-order valence-corrected chi connectivity index (χ0v) is 21.7. The zero-order valence-electron chi connectivity index (χ0n) is 21.7. The Balaban J connectivity index is 1.32. The monoisotopic (exact) mass is 496 g/mol. The molecule has 7 nitrogen and oxygen atoms in total. The molecule has 0 amide bonds. The molecule has 1 saturated carbocycles. The summed E-state index contributed by atoms with van der Waals surface area (Å²) in [6, 6.07) is 17.2. The third kappa shape index (κ3) is 4.56. The van der Waals surface area contributed by atoms with E-state index >= 15 is 0 Å². The van der Waals surface area contributed by atoms with E-state index in [1.54, 1.807) is 0 Å². The molecule has 1 fully saturated rings. The molecular weight excluding hydrogens is 460 g/mol. The minimum atomic E-state index is 0.232. The first-order chi connectivity index (χ1) is 18.2. The Morgan fingerprint density at radius 1 is 0.946 bits per heavy atom. The molecule has 192 valence electrons. The normalized spacial score (nSPS) is 18.1. The van der Waals surface area contributed by atoms with Gasteiger partial charge in [-0.2, -0.15) is 5.21 Å². The molecule has 37 heavy (non-hydrogen) atoms. The first kappa shape index (κ1) is 23.9. The quantitative estimate of drug-likeness (QED) is 0.342. The number of nitrogens with one attached hydrogen (secondary N) is 1. The van der Waals surface area contributed by atoms with Gasteiger partial charge in [0.05, 0.1) is 6.04 Å². The third-order valence-corrected chi connectivity index (χ3v) is 8.40. The molecule has 2 aromatic carbocycles. The van der Waals surface area contributed by atoms with Gasteiger partial charge in [0.15, 0.2) is 0 Å². The van der Waals surface area contributed by atoms with Crippen molar-refractivity contribution in [2.45, 2.75) is 83.7 Å². The SMILES string of the molecule is CCCc1c(Cc2ccc(-c3ccccc3-c3nn[nH]n3)cc2)c(=O)n2n1C(C1CCCCC1)CCC2. The van der Waals surface area contributed by atoms with Crippen LogP contribution in [0.4, 0.5) is 0 Å². The van der Waals surface area contributed by atoms with Crippen LogP contribution in [0.25, 0.3) is 22.5 Å². The highest BCUT2D eigenvalue weighted by molar-refractivity contribution is 5.80. The maximum atomic E-state index is 13.7. The molecule has 3 heterocycles. The summed E-state index contributed by atoms with van der Waals surface area (Å²) in [6.07, 6.45) is 11.7. The second-order valence-electron chi connectivity index (χ2n) is 10.7. The van der Waals surface area contributed by atoms with Gasteiger partial charge < -0.3 is 0 Å². The lowest BCUT2D eigenvalue weighted by Gasteiger charge is -2.37. The molecule has 0 saturated heterocycles. The Labute approximate surface area is 217 Å². The van der Waals surface area contributed by atoms with Crippen LogP contribution in [0.5, 0.6) is 0 Å². The molecule has 4 aromatic rings. The molecule has 0 radical (unpaired) electrons. The smallest absolute Gasteiger partial charge is 0.270 e. The van der Waals surface area contributed by atoms with Crippen molar-refractivity contribution in [1.29, 1.82) is 0 Å². The molecule has 1 aliphatic heterocycles. The lowest BCUT2D eigenvalue weighted by molar-refractivity contribution is 0.164. The molecular formula is C30H36N6O. The first-order valence-corrected chi connectivity index (χ1v) is 14.0. The van der Waals surface area contributed by atoms with Gasteiger partial charge in [-0.15, -0.1) is 10.2 Å². The van der Waals surface area contributed by atoms with Gasteiger partial charge in [0, 0.05) is 29.8 Å². The maximum Gasteiger partial charge on any atom is 0.270 e. The van der Waals surface area contributed by atoms with E-state index in [1.807, 2.05) is 18.2 Å². The largest absolute Gasteiger partial charge is 0.283 e. The van der Waals surface area contributed by atoms with Crippen molar-refractivity contribution >= 4 is 0 Å². The number of tetrazole rings is 1. The highest BCUT2D eigenvalue weighted by Crippen LogP contribution is 2.39. The fourth-order valence-corrected chi connectivity index (χ4v) is 6.67. The number of hydrogen-bond acceptors (Lipinski definition) is 4. The van der Waals surface area contributed by atoms with Crippen LogP contribution in [-0.2, 0) is 19.4 Å². The van der Waals surface area contributed by atoms with E-state index < -0.39 is 0 Å². The fraction of sp³-hybridized carbons (Fsp3) is 0.467. The summed E-state index contributed by atoms with van der Waals surface area (Å²) in [6.45, 7) is 3.08. The Hall–Kier alpha value is -3.48. The van der Waals surface area contributed by atoms with Gasteiger partial charge in [-0.3, -0.25) is 9.48 Å². The molecule has 0 spiro atoms. The molecule has 2 aliphatic rings. The number of aromatic nitrogens is 6. The van der Waals surface area contributed by atoms with Crippen molar-refractivity contribution in [3.8, 4) is 22.5 Å². The van der Waals surface area contributed by atoms with Crippen LogP contribution >= 0.6 is 0 Å². The van der Waals surface area contributed by atoms with Gasteiger partial charge in [-0.25, -0.2) is 4.68 Å². The maximum absolute atomic E-state index is 13.7. The van der Waals surface area contributed by atoms with E-state index in [1.165, 1.54) is 49.8 Å². The van der Waals surface area contributed by atoms with Gasteiger partial charge in [0.1, 0.15) is 0 Å². The molecule has 0 bridgehead atoms. The summed E-state index contributed by atoms with van der Waals surface area (Å²) in [5.41, 5.74) is 6.81. The molecule has 1 aliphatic carbocycles. The molecule has 6 rings (SSSR count). The van der Waals surface area contributed by atoms with E-state index in [4.69, 9.17) is 0 Å². The van der Waals surface area contributed by atoms with E-state index in [0.717, 1.165) is 48.1 Å². The summed E-state index contributed by atoms with van der Waals surface area (Å²) < 4.78 is 4.56. The third-order valence-electron chi connectivity index (χ3n) is 8.40. The zero-order chi connectivity index (χ0) is 25.2. The summed E-state index contributed by atoms with van der Waals surface area (Å²) >= 11 is 0. The minimum absolute atomic E-state index is 0.232. The number of benzene rings is 2. The van der Waals surface area contributed by atoms with Gasteiger partial charge >= 0.3 is 0 Å². The fourth-order valence-electron chi connectivity index (χ4n) is 6.67. The van der Waals surface area contributed by atoms with Crippen LogP contribution in [0.1, 0.15) is 81.2 Å². The van der Waals surface area contributed by atoms with Gasteiger partial charge in [-0.05, 0) is 59.9 Å². The second kappa shape index (κ2) is 10.5. The van der Waals surface area contributed by atoms with E-state index in [9.17, 15) is 4.79 Å². The number of aromatic amines is 1. The Morgan fingerprint density at radius 3 is 2.46 bits per heavy atom. The molecule has 7 heteroatoms. The summed E-state index contributed by atoms with van der Waals surface area (Å²) in [4.78, 5) is 13.7. The molecule has 1 unspecified atom stereocenters. The van der Waals surface area contributed by atoms with Crippen LogP contribution in [0.2, 0.25) is 0 Å². The van der Waals surface area contributed by atoms with Crippen molar-refractivity contribution in [2.75, 3.05) is 0 Å². The summed E-state index contributed by atoms with van der Waals surface area (Å²) in [7, 11) is 0. The second-order valence-corrected chi connectivity index (χ2v) is 10.7. The van der Waals surface area contributed by atoms with Gasteiger partial charge in [0.25, 0.3) is 5.56 Å². The van der Waals surface area contributed by atoms with Gasteiger partial charge in [-0.1, -0.05) is 81.1 Å². The van der Waals surface area contributed by atoms with E-state index in [2.05, 4.69) is 67.2 Å². The molecule has 1 N–H and O–H groups in total. The predicted molar refractivity (Wildman–Crippen MR) is 145 cm³/mol. The van der Waals surface area contributed by atoms with Crippen molar-refractivity contribution in [3.05, 3.63) is 75.7 Å². The number of hydrogen-bond donors (Lipinski definition) is 1. The van der Waals surface area contributed by atoms with Crippen LogP contribution in [0, 0.1) is 5.92 Å². The van der Waals surface area contributed by atoms with Crippen LogP contribution < -0.4 is 5.56 Å². The Bertz CT molecular complexity index is 1390. The standard InChI is InChI=1S/C30H36N6O/c1-2-9-28-26(30(37)35-19-8-14-27(36(28)35)23-10-4-3-5-11-23)20-21-15-17-22(18-16-21)24-12-6-7-13-25(24)29-31-33-34-32-29/h6-7,12-13,15-18,23,27H,2-5,8-11,14,19-20H2,1H3,(H,31,32,33,34). The van der Waals surface area contributed by atoms with Crippen molar-refractivity contribution < 1.29 is 0 Å². The average molecular weight is 497 g/mol. The number of H-pyrrole nitrogens is 1. The highest BCUT2D eigenvalue weighted by Gasteiger charge is 2.33. The van der Waals surface area contributed by atoms with Crippen molar-refractivity contribution in [2.24, 2.45) is 5.92 Å². The Kier molecular flexibility index (Phi) is 6.77.